The Morgan fingerprint density at radius 3 is 2.36 bits per heavy atom. The van der Waals surface area contributed by atoms with Crippen LogP contribution in [0.4, 0.5) is 0 Å². The van der Waals surface area contributed by atoms with E-state index in [-0.39, 0.29) is 0 Å². The van der Waals surface area contributed by atoms with Crippen molar-refractivity contribution in [2.75, 3.05) is 0 Å². The standard InChI is InChI=1S/C6H6ClO3P/c7-5-1-3-6(4-2-5)10-11(8)9/h1-4,11H,(H,8,9). The van der Waals surface area contributed by atoms with E-state index in [1.807, 2.05) is 0 Å². The highest BCUT2D eigenvalue weighted by Crippen LogP contribution is 2.23. The lowest BCUT2D eigenvalue weighted by molar-refractivity contribution is 0.410. The lowest BCUT2D eigenvalue weighted by atomic mass is 10.3. The molecule has 0 amide bonds. The summed E-state index contributed by atoms with van der Waals surface area (Å²) in [4.78, 5) is 8.37. The summed E-state index contributed by atoms with van der Waals surface area (Å²) in [7, 11) is -2.89. The second-order valence-corrected chi connectivity index (χ2v) is 2.99. The minimum absolute atomic E-state index is 0.348. The zero-order valence-corrected chi connectivity index (χ0v) is 7.21. The average molecular weight is 193 g/mol. The molecule has 0 aliphatic carbocycles. The van der Waals surface area contributed by atoms with Crippen LogP contribution in [0.3, 0.4) is 0 Å². The maximum Gasteiger partial charge on any atom is 0.365 e. The van der Waals surface area contributed by atoms with Crippen molar-refractivity contribution in [2.45, 2.75) is 0 Å². The molecule has 60 valence electrons. The molecule has 1 aromatic carbocycles. The normalized spacial score (nSPS) is 12.5. The van der Waals surface area contributed by atoms with Gasteiger partial charge in [-0.25, -0.2) is 4.57 Å². The molecule has 1 atom stereocenters. The van der Waals surface area contributed by atoms with Gasteiger partial charge in [0.05, 0.1) is 0 Å². The fraction of sp³-hybridized carbons (Fsp3) is 0. The molecule has 0 saturated heterocycles. The largest absolute Gasteiger partial charge is 0.426 e. The predicted octanol–water partition coefficient (Wildman–Crippen LogP) is 2.10. The first-order valence-electron chi connectivity index (χ1n) is 2.85. The van der Waals surface area contributed by atoms with Gasteiger partial charge in [0.1, 0.15) is 5.75 Å². The second kappa shape index (κ2) is 3.77. The molecule has 0 saturated carbocycles. The van der Waals surface area contributed by atoms with E-state index in [2.05, 4.69) is 4.52 Å². The SMILES string of the molecule is O=[PH](O)Oc1ccc(Cl)cc1. The lowest BCUT2D eigenvalue weighted by Crippen LogP contribution is -1.78. The zero-order chi connectivity index (χ0) is 8.27. The van der Waals surface area contributed by atoms with Gasteiger partial charge in [-0.05, 0) is 24.3 Å². The van der Waals surface area contributed by atoms with Crippen molar-refractivity contribution < 1.29 is 14.0 Å². The molecule has 11 heavy (non-hydrogen) atoms. The van der Waals surface area contributed by atoms with E-state index in [0.717, 1.165) is 0 Å². The van der Waals surface area contributed by atoms with E-state index in [1.54, 1.807) is 12.1 Å². The van der Waals surface area contributed by atoms with Crippen molar-refractivity contribution in [3.63, 3.8) is 0 Å². The van der Waals surface area contributed by atoms with Gasteiger partial charge in [-0.3, -0.25) is 0 Å². The molecule has 0 fully saturated rings. The third-order valence-electron chi connectivity index (χ3n) is 1.02. The Morgan fingerprint density at radius 1 is 1.36 bits per heavy atom. The summed E-state index contributed by atoms with van der Waals surface area (Å²) in [6, 6.07) is 6.23. The Morgan fingerprint density at radius 2 is 1.91 bits per heavy atom. The minimum atomic E-state index is -2.89. The molecule has 1 aromatic rings. The number of halogens is 1. The highest BCUT2D eigenvalue weighted by atomic mass is 35.5. The van der Waals surface area contributed by atoms with E-state index in [4.69, 9.17) is 16.5 Å². The van der Waals surface area contributed by atoms with Crippen LogP contribution in [0.1, 0.15) is 0 Å². The van der Waals surface area contributed by atoms with Gasteiger partial charge in [-0.2, -0.15) is 0 Å². The maximum atomic E-state index is 10.2. The van der Waals surface area contributed by atoms with Gasteiger partial charge in [0.25, 0.3) is 0 Å². The van der Waals surface area contributed by atoms with Gasteiger partial charge in [0, 0.05) is 5.02 Å². The van der Waals surface area contributed by atoms with Crippen molar-refractivity contribution in [1.29, 1.82) is 0 Å². The Kier molecular flexibility index (Phi) is 2.94. The quantitative estimate of drug-likeness (QED) is 0.730. The molecule has 1 rings (SSSR count). The highest BCUT2D eigenvalue weighted by Gasteiger charge is 1.95. The van der Waals surface area contributed by atoms with Crippen LogP contribution in [-0.2, 0) is 4.57 Å². The first-order chi connectivity index (χ1) is 5.18. The van der Waals surface area contributed by atoms with E-state index in [9.17, 15) is 4.57 Å². The Bertz CT molecular complexity index is 259. The predicted molar refractivity (Wildman–Crippen MR) is 43.3 cm³/mol. The molecule has 1 unspecified atom stereocenters. The summed E-state index contributed by atoms with van der Waals surface area (Å²) in [5.74, 6) is 0.348. The van der Waals surface area contributed by atoms with Crippen LogP contribution in [0.5, 0.6) is 5.75 Å². The molecule has 0 heterocycles. The van der Waals surface area contributed by atoms with Crippen molar-refractivity contribution in [2.24, 2.45) is 0 Å². The second-order valence-electron chi connectivity index (χ2n) is 1.82. The first kappa shape index (κ1) is 8.60. The molecule has 1 N–H and O–H groups in total. The summed E-state index contributed by atoms with van der Waals surface area (Å²) in [6.07, 6.45) is 0. The fourth-order valence-corrected chi connectivity index (χ4v) is 1.07. The molecule has 0 aromatic heterocycles. The van der Waals surface area contributed by atoms with E-state index in [0.29, 0.717) is 10.8 Å². The van der Waals surface area contributed by atoms with Crippen molar-refractivity contribution in [3.8, 4) is 5.75 Å². The van der Waals surface area contributed by atoms with Crippen LogP contribution >= 0.6 is 19.9 Å². The third kappa shape index (κ3) is 2.93. The Labute approximate surface area is 69.5 Å². The highest BCUT2D eigenvalue weighted by molar-refractivity contribution is 7.32. The van der Waals surface area contributed by atoms with Crippen LogP contribution in [0, 0.1) is 0 Å². The van der Waals surface area contributed by atoms with E-state index in [1.165, 1.54) is 12.1 Å². The summed E-state index contributed by atoms with van der Waals surface area (Å²) in [5.41, 5.74) is 0. The molecule has 5 heteroatoms. The summed E-state index contributed by atoms with van der Waals surface area (Å²) in [6.45, 7) is 0. The fourth-order valence-electron chi connectivity index (χ4n) is 0.603. The minimum Gasteiger partial charge on any atom is -0.426 e. The van der Waals surface area contributed by atoms with Gasteiger partial charge < -0.3 is 9.42 Å². The molecule has 0 aliphatic heterocycles. The van der Waals surface area contributed by atoms with E-state index >= 15 is 0 Å². The molecule has 0 bridgehead atoms. The number of hydrogen-bond donors (Lipinski definition) is 1. The molecular formula is C6H6ClO3P. The summed E-state index contributed by atoms with van der Waals surface area (Å²) >= 11 is 5.56. The monoisotopic (exact) mass is 192 g/mol. The van der Waals surface area contributed by atoms with Crippen LogP contribution in [0.15, 0.2) is 24.3 Å². The van der Waals surface area contributed by atoms with Gasteiger partial charge in [-0.1, -0.05) is 11.6 Å². The van der Waals surface area contributed by atoms with Gasteiger partial charge in [0.15, 0.2) is 0 Å². The number of rotatable bonds is 2. The van der Waals surface area contributed by atoms with Crippen LogP contribution < -0.4 is 4.52 Å². The number of benzene rings is 1. The van der Waals surface area contributed by atoms with Crippen molar-refractivity contribution in [3.05, 3.63) is 29.3 Å². The van der Waals surface area contributed by atoms with Gasteiger partial charge in [0.2, 0.25) is 0 Å². The average Bonchev–Trinajstić information content (AvgIpc) is 1.93. The summed E-state index contributed by atoms with van der Waals surface area (Å²) in [5, 5.41) is 0.565. The first-order valence-corrected chi connectivity index (χ1v) is 4.49. The molecule has 0 aliphatic rings. The Balaban J connectivity index is 2.74. The lowest BCUT2D eigenvalue weighted by Gasteiger charge is -1.99. The third-order valence-corrected chi connectivity index (χ3v) is 1.68. The zero-order valence-electron chi connectivity index (χ0n) is 5.45. The molecule has 3 nitrogen and oxygen atoms in total. The van der Waals surface area contributed by atoms with Gasteiger partial charge in [-0.15, -0.1) is 0 Å². The molecule has 0 radical (unpaired) electrons. The van der Waals surface area contributed by atoms with Gasteiger partial charge >= 0.3 is 8.25 Å². The van der Waals surface area contributed by atoms with Crippen LogP contribution in [0.2, 0.25) is 5.02 Å². The van der Waals surface area contributed by atoms with Crippen molar-refractivity contribution in [1.82, 2.24) is 0 Å². The Hall–Kier alpha value is -0.500. The van der Waals surface area contributed by atoms with Crippen LogP contribution in [0.25, 0.3) is 0 Å². The van der Waals surface area contributed by atoms with Crippen molar-refractivity contribution >= 4 is 19.9 Å². The molecular weight excluding hydrogens is 186 g/mol. The van der Waals surface area contributed by atoms with E-state index < -0.39 is 8.25 Å². The van der Waals surface area contributed by atoms with Crippen LogP contribution in [-0.4, -0.2) is 4.89 Å². The molecule has 0 spiro atoms. The smallest absolute Gasteiger partial charge is 0.365 e. The maximum absolute atomic E-state index is 10.2. The summed E-state index contributed by atoms with van der Waals surface area (Å²) < 4.78 is 14.7. The topological polar surface area (TPSA) is 46.5 Å². The number of hydrogen-bond acceptors (Lipinski definition) is 2.